The van der Waals surface area contributed by atoms with Crippen LogP contribution in [0.5, 0.6) is 0 Å². The Balaban J connectivity index is 2.07. The molecule has 1 aromatic heterocycles. The van der Waals surface area contributed by atoms with E-state index in [0.717, 1.165) is 23.5 Å². The third-order valence-corrected chi connectivity index (χ3v) is 2.91. The van der Waals surface area contributed by atoms with Crippen molar-refractivity contribution in [2.45, 2.75) is 26.3 Å². The maximum absolute atomic E-state index is 13.6. The van der Waals surface area contributed by atoms with E-state index in [4.69, 9.17) is 0 Å². The van der Waals surface area contributed by atoms with Gasteiger partial charge in [-0.1, -0.05) is 0 Å². The summed E-state index contributed by atoms with van der Waals surface area (Å²) in [7, 11) is 0. The summed E-state index contributed by atoms with van der Waals surface area (Å²) in [6, 6.07) is 3.49. The van der Waals surface area contributed by atoms with E-state index in [1.165, 1.54) is 12.8 Å². The second-order valence-corrected chi connectivity index (χ2v) is 4.47. The number of fused-ring (bicyclic) bond motifs is 1. The van der Waals surface area contributed by atoms with E-state index in [-0.39, 0.29) is 5.82 Å². The molecule has 0 saturated heterocycles. The quantitative estimate of drug-likeness (QED) is 0.735. The lowest BCUT2D eigenvalue weighted by Gasteiger charge is -1.95. The van der Waals surface area contributed by atoms with Crippen molar-refractivity contribution < 1.29 is 4.39 Å². The molecule has 15 heavy (non-hydrogen) atoms. The third-order valence-electron chi connectivity index (χ3n) is 2.91. The summed E-state index contributed by atoms with van der Waals surface area (Å²) in [5.74, 6) is 0.607. The lowest BCUT2D eigenvalue weighted by atomic mass is 10.2. The molecule has 1 heterocycles. The predicted molar refractivity (Wildman–Crippen MR) is 57.2 cm³/mol. The van der Waals surface area contributed by atoms with Crippen LogP contribution in [0.2, 0.25) is 0 Å². The third kappa shape index (κ3) is 1.62. The van der Waals surface area contributed by atoms with Crippen molar-refractivity contribution in [1.82, 2.24) is 9.78 Å². The molecule has 78 valence electrons. The van der Waals surface area contributed by atoms with Gasteiger partial charge in [0, 0.05) is 12.7 Å². The topological polar surface area (TPSA) is 17.8 Å². The molecule has 2 aromatic rings. The number of rotatable bonds is 2. The molecule has 3 rings (SSSR count). The van der Waals surface area contributed by atoms with Crippen molar-refractivity contribution in [3.05, 3.63) is 29.7 Å². The lowest BCUT2D eigenvalue weighted by molar-refractivity contribution is 0.567. The number of halogens is 1. The van der Waals surface area contributed by atoms with Crippen molar-refractivity contribution in [1.29, 1.82) is 0 Å². The first kappa shape index (κ1) is 8.89. The van der Waals surface area contributed by atoms with Gasteiger partial charge in [0.2, 0.25) is 0 Å². The number of hydrogen-bond donors (Lipinski definition) is 0. The molecule has 0 bridgehead atoms. The summed E-state index contributed by atoms with van der Waals surface area (Å²) in [4.78, 5) is 0. The summed E-state index contributed by atoms with van der Waals surface area (Å²) >= 11 is 0. The molecular formula is C12H13FN2. The van der Waals surface area contributed by atoms with Crippen LogP contribution in [0.25, 0.3) is 10.9 Å². The van der Waals surface area contributed by atoms with Crippen LogP contribution in [0.3, 0.4) is 0 Å². The Morgan fingerprint density at radius 3 is 3.00 bits per heavy atom. The van der Waals surface area contributed by atoms with Gasteiger partial charge in [-0.25, -0.2) is 4.39 Å². The van der Waals surface area contributed by atoms with E-state index >= 15 is 0 Å². The molecule has 1 aliphatic rings. The highest BCUT2D eigenvalue weighted by molar-refractivity contribution is 5.79. The Morgan fingerprint density at radius 1 is 1.47 bits per heavy atom. The van der Waals surface area contributed by atoms with Gasteiger partial charge in [0.15, 0.2) is 0 Å². The number of aryl methyl sites for hydroxylation is 1. The van der Waals surface area contributed by atoms with Crippen LogP contribution in [-0.4, -0.2) is 9.78 Å². The molecule has 3 heteroatoms. The van der Waals surface area contributed by atoms with Gasteiger partial charge in [-0.3, -0.25) is 4.68 Å². The van der Waals surface area contributed by atoms with E-state index in [9.17, 15) is 4.39 Å². The largest absolute Gasteiger partial charge is 0.271 e. The average molecular weight is 204 g/mol. The average Bonchev–Trinajstić information content (AvgIpc) is 2.85. The molecule has 0 aliphatic heterocycles. The zero-order chi connectivity index (χ0) is 10.4. The first-order valence-electron chi connectivity index (χ1n) is 5.36. The van der Waals surface area contributed by atoms with E-state index in [2.05, 4.69) is 5.10 Å². The highest BCUT2D eigenvalue weighted by Gasteiger charge is 2.22. The Hall–Kier alpha value is -1.38. The molecule has 1 aliphatic carbocycles. The van der Waals surface area contributed by atoms with E-state index in [1.54, 1.807) is 6.07 Å². The fourth-order valence-electron chi connectivity index (χ4n) is 1.92. The summed E-state index contributed by atoms with van der Waals surface area (Å²) < 4.78 is 15.4. The Bertz CT molecular complexity index is 512. The molecule has 1 aromatic carbocycles. The highest BCUT2D eigenvalue weighted by Crippen LogP contribution is 2.31. The summed E-state index contributed by atoms with van der Waals surface area (Å²) in [5, 5.41) is 5.03. The Kier molecular flexibility index (Phi) is 1.81. The van der Waals surface area contributed by atoms with Crippen molar-refractivity contribution in [3.63, 3.8) is 0 Å². The van der Waals surface area contributed by atoms with Crippen LogP contribution in [0.15, 0.2) is 18.3 Å². The minimum Gasteiger partial charge on any atom is -0.271 e. The maximum atomic E-state index is 13.6. The van der Waals surface area contributed by atoms with Crippen LogP contribution in [-0.2, 0) is 6.54 Å². The van der Waals surface area contributed by atoms with Gasteiger partial charge in [0.1, 0.15) is 5.82 Å². The molecular weight excluding hydrogens is 191 g/mol. The normalized spacial score (nSPS) is 16.1. The molecule has 0 radical (unpaired) electrons. The molecule has 0 N–H and O–H groups in total. The van der Waals surface area contributed by atoms with Crippen molar-refractivity contribution >= 4 is 10.9 Å². The van der Waals surface area contributed by atoms with Crippen molar-refractivity contribution in [2.24, 2.45) is 5.92 Å². The highest BCUT2D eigenvalue weighted by atomic mass is 19.1. The Morgan fingerprint density at radius 2 is 2.27 bits per heavy atom. The molecule has 0 atom stereocenters. The van der Waals surface area contributed by atoms with Crippen LogP contribution in [0.4, 0.5) is 4.39 Å². The van der Waals surface area contributed by atoms with Crippen molar-refractivity contribution in [2.75, 3.05) is 0 Å². The first-order chi connectivity index (χ1) is 7.22. The number of hydrogen-bond acceptors (Lipinski definition) is 1. The Labute approximate surface area is 87.7 Å². The monoisotopic (exact) mass is 204 g/mol. The van der Waals surface area contributed by atoms with Crippen LogP contribution in [0, 0.1) is 18.7 Å². The fraction of sp³-hybridized carbons (Fsp3) is 0.417. The molecule has 0 unspecified atom stereocenters. The van der Waals surface area contributed by atoms with E-state index in [1.807, 2.05) is 23.9 Å². The van der Waals surface area contributed by atoms with Gasteiger partial charge >= 0.3 is 0 Å². The zero-order valence-corrected chi connectivity index (χ0v) is 8.70. The summed E-state index contributed by atoms with van der Waals surface area (Å²) in [6.07, 6.45) is 4.40. The molecule has 0 amide bonds. The predicted octanol–water partition coefficient (Wildman–Crippen LogP) is 2.89. The smallest absolute Gasteiger partial charge is 0.134 e. The first-order valence-corrected chi connectivity index (χ1v) is 5.36. The summed E-state index contributed by atoms with van der Waals surface area (Å²) in [6.45, 7) is 2.83. The second-order valence-electron chi connectivity index (χ2n) is 4.47. The SMILES string of the molecule is Cc1cc(F)c2cn(CC3CC3)nc2c1. The zero-order valence-electron chi connectivity index (χ0n) is 8.70. The molecule has 1 saturated carbocycles. The summed E-state index contributed by atoms with van der Waals surface area (Å²) in [5.41, 5.74) is 1.70. The van der Waals surface area contributed by atoms with Gasteiger partial charge in [-0.15, -0.1) is 0 Å². The number of aromatic nitrogens is 2. The lowest BCUT2D eigenvalue weighted by Crippen LogP contribution is -1.99. The standard InChI is InChI=1S/C12H13FN2/c1-8-4-11(13)10-7-15(6-9-2-3-9)14-12(10)5-8/h4-5,7,9H,2-3,6H2,1H3. The minimum absolute atomic E-state index is 0.160. The van der Waals surface area contributed by atoms with Crippen LogP contribution < -0.4 is 0 Å². The molecule has 0 spiro atoms. The van der Waals surface area contributed by atoms with Gasteiger partial charge in [0.25, 0.3) is 0 Å². The van der Waals surface area contributed by atoms with Gasteiger partial charge in [-0.05, 0) is 43.4 Å². The van der Waals surface area contributed by atoms with E-state index in [0.29, 0.717) is 5.39 Å². The second kappa shape index (κ2) is 3.05. The van der Waals surface area contributed by atoms with Gasteiger partial charge < -0.3 is 0 Å². The fourth-order valence-corrected chi connectivity index (χ4v) is 1.92. The molecule has 2 nitrogen and oxygen atoms in total. The minimum atomic E-state index is -0.160. The maximum Gasteiger partial charge on any atom is 0.134 e. The van der Waals surface area contributed by atoms with Gasteiger partial charge in [0.05, 0.1) is 10.9 Å². The number of nitrogens with zero attached hydrogens (tertiary/aromatic N) is 2. The number of benzene rings is 1. The van der Waals surface area contributed by atoms with Crippen LogP contribution in [0.1, 0.15) is 18.4 Å². The van der Waals surface area contributed by atoms with Crippen molar-refractivity contribution in [3.8, 4) is 0 Å². The molecule has 1 fully saturated rings. The van der Waals surface area contributed by atoms with Crippen LogP contribution >= 0.6 is 0 Å². The van der Waals surface area contributed by atoms with E-state index < -0.39 is 0 Å². The van der Waals surface area contributed by atoms with Gasteiger partial charge in [-0.2, -0.15) is 5.10 Å².